The number of aliphatic imine (C=N–C) groups is 1. The third-order valence-corrected chi connectivity index (χ3v) is 4.80. The number of guanidine groups is 1. The summed E-state index contributed by atoms with van der Waals surface area (Å²) in [5.74, 6) is 0.626. The van der Waals surface area contributed by atoms with Crippen LogP contribution in [-0.2, 0) is 0 Å². The maximum atomic E-state index is 6.41. The SMILES string of the molecule is Clc1cccc2c1N=C(Nc1ccccc1Br)Nc1ccccc1-2. The van der Waals surface area contributed by atoms with Crippen LogP contribution < -0.4 is 10.6 Å². The molecule has 0 spiro atoms. The van der Waals surface area contributed by atoms with Gasteiger partial charge in [0.05, 0.1) is 16.4 Å². The third-order valence-electron chi connectivity index (χ3n) is 3.81. The third kappa shape index (κ3) is 2.79. The Kier molecular flexibility index (Phi) is 4.00. The average Bonchev–Trinajstić information content (AvgIpc) is 2.75. The highest BCUT2D eigenvalue weighted by Crippen LogP contribution is 2.41. The second-order valence-corrected chi connectivity index (χ2v) is 6.63. The quantitative estimate of drug-likeness (QED) is 0.505. The van der Waals surface area contributed by atoms with Crippen LogP contribution in [0.2, 0.25) is 5.02 Å². The molecule has 0 aliphatic carbocycles. The Hall–Kier alpha value is -2.30. The van der Waals surface area contributed by atoms with Crippen LogP contribution in [0.3, 0.4) is 0 Å². The molecule has 5 heteroatoms. The van der Waals surface area contributed by atoms with Crippen molar-refractivity contribution in [1.82, 2.24) is 0 Å². The molecule has 0 atom stereocenters. The van der Waals surface area contributed by atoms with E-state index in [1.807, 2.05) is 60.7 Å². The van der Waals surface area contributed by atoms with E-state index in [9.17, 15) is 0 Å². The van der Waals surface area contributed by atoms with Gasteiger partial charge in [0.15, 0.2) is 0 Å². The number of fused-ring (bicyclic) bond motifs is 3. The largest absolute Gasteiger partial charge is 0.325 e. The summed E-state index contributed by atoms with van der Waals surface area (Å²) in [6, 6.07) is 21.8. The topological polar surface area (TPSA) is 36.4 Å². The van der Waals surface area contributed by atoms with E-state index in [2.05, 4.69) is 32.6 Å². The Balaban J connectivity index is 1.86. The van der Waals surface area contributed by atoms with Crippen LogP contribution in [0.1, 0.15) is 0 Å². The summed E-state index contributed by atoms with van der Waals surface area (Å²) in [4.78, 5) is 4.73. The first-order valence-corrected chi connectivity index (χ1v) is 8.64. The molecule has 0 saturated heterocycles. The van der Waals surface area contributed by atoms with E-state index in [0.717, 1.165) is 32.7 Å². The van der Waals surface area contributed by atoms with Gasteiger partial charge in [0.25, 0.3) is 0 Å². The number of para-hydroxylation sites is 3. The smallest absolute Gasteiger partial charge is 0.205 e. The highest BCUT2D eigenvalue weighted by molar-refractivity contribution is 9.10. The molecule has 4 rings (SSSR count). The Labute approximate surface area is 153 Å². The minimum Gasteiger partial charge on any atom is -0.325 e. The highest BCUT2D eigenvalue weighted by Gasteiger charge is 2.18. The number of anilines is 2. The summed E-state index contributed by atoms with van der Waals surface area (Å²) >= 11 is 9.96. The number of rotatable bonds is 1. The van der Waals surface area contributed by atoms with E-state index in [0.29, 0.717) is 11.0 Å². The molecule has 0 unspecified atom stereocenters. The van der Waals surface area contributed by atoms with Gasteiger partial charge in [0.1, 0.15) is 0 Å². The van der Waals surface area contributed by atoms with E-state index in [-0.39, 0.29) is 0 Å². The normalized spacial score (nSPS) is 12.3. The van der Waals surface area contributed by atoms with Crippen molar-refractivity contribution in [2.45, 2.75) is 0 Å². The number of hydrogen-bond acceptors (Lipinski definition) is 3. The van der Waals surface area contributed by atoms with Crippen LogP contribution in [0.4, 0.5) is 17.1 Å². The van der Waals surface area contributed by atoms with Crippen molar-refractivity contribution in [3.05, 3.63) is 76.2 Å². The molecule has 0 aromatic heterocycles. The molecule has 0 saturated carbocycles. The zero-order valence-electron chi connectivity index (χ0n) is 12.6. The summed E-state index contributed by atoms with van der Waals surface area (Å²) in [5.41, 5.74) is 4.75. The Bertz CT molecular complexity index is 953. The van der Waals surface area contributed by atoms with Gasteiger partial charge in [-0.1, -0.05) is 54.1 Å². The lowest BCUT2D eigenvalue weighted by Crippen LogP contribution is -2.21. The predicted octanol–water partition coefficient (Wildman–Crippen LogP) is 6.29. The van der Waals surface area contributed by atoms with E-state index in [4.69, 9.17) is 16.6 Å². The molecule has 24 heavy (non-hydrogen) atoms. The van der Waals surface area contributed by atoms with Crippen LogP contribution in [0.25, 0.3) is 11.1 Å². The Morgan fingerprint density at radius 2 is 1.62 bits per heavy atom. The number of nitrogens with one attached hydrogen (secondary N) is 2. The fraction of sp³-hybridized carbons (Fsp3) is 0. The average molecular weight is 399 g/mol. The van der Waals surface area contributed by atoms with Gasteiger partial charge in [-0.05, 0) is 40.2 Å². The molecule has 0 amide bonds. The van der Waals surface area contributed by atoms with Crippen LogP contribution in [0.15, 0.2) is 76.2 Å². The maximum absolute atomic E-state index is 6.41. The minimum atomic E-state index is 0.623. The maximum Gasteiger partial charge on any atom is 0.205 e. The monoisotopic (exact) mass is 397 g/mol. The van der Waals surface area contributed by atoms with Crippen LogP contribution in [-0.4, -0.2) is 5.96 Å². The molecule has 1 heterocycles. The van der Waals surface area contributed by atoms with Gasteiger partial charge in [-0.2, -0.15) is 0 Å². The molecular formula is C19H13BrClN3. The van der Waals surface area contributed by atoms with Gasteiger partial charge < -0.3 is 10.6 Å². The van der Waals surface area contributed by atoms with Crippen LogP contribution >= 0.6 is 27.5 Å². The van der Waals surface area contributed by atoms with Crippen molar-refractivity contribution >= 4 is 50.6 Å². The molecular weight excluding hydrogens is 386 g/mol. The summed E-state index contributed by atoms with van der Waals surface area (Å²) in [7, 11) is 0. The highest BCUT2D eigenvalue weighted by atomic mass is 79.9. The van der Waals surface area contributed by atoms with Crippen LogP contribution in [0, 0.1) is 0 Å². The molecule has 118 valence electrons. The van der Waals surface area contributed by atoms with Crippen molar-refractivity contribution in [3.63, 3.8) is 0 Å². The fourth-order valence-corrected chi connectivity index (χ4v) is 3.29. The second-order valence-electron chi connectivity index (χ2n) is 5.37. The van der Waals surface area contributed by atoms with E-state index >= 15 is 0 Å². The first-order chi connectivity index (χ1) is 11.7. The molecule has 3 aromatic carbocycles. The van der Waals surface area contributed by atoms with E-state index in [1.165, 1.54) is 0 Å². The zero-order chi connectivity index (χ0) is 16.5. The second kappa shape index (κ2) is 6.30. The van der Waals surface area contributed by atoms with Crippen molar-refractivity contribution in [2.75, 3.05) is 10.6 Å². The van der Waals surface area contributed by atoms with Crippen molar-refractivity contribution in [3.8, 4) is 11.1 Å². The van der Waals surface area contributed by atoms with Gasteiger partial charge in [-0.25, -0.2) is 4.99 Å². The first-order valence-electron chi connectivity index (χ1n) is 7.47. The first kappa shape index (κ1) is 15.2. The van der Waals surface area contributed by atoms with Crippen molar-refractivity contribution in [2.24, 2.45) is 4.99 Å². The van der Waals surface area contributed by atoms with Crippen LogP contribution in [0.5, 0.6) is 0 Å². The summed E-state index contributed by atoms with van der Waals surface area (Å²) in [6.45, 7) is 0. The summed E-state index contributed by atoms with van der Waals surface area (Å²) in [6.07, 6.45) is 0. The molecule has 3 aromatic rings. The predicted molar refractivity (Wildman–Crippen MR) is 105 cm³/mol. The van der Waals surface area contributed by atoms with E-state index < -0.39 is 0 Å². The van der Waals surface area contributed by atoms with E-state index in [1.54, 1.807) is 0 Å². The minimum absolute atomic E-state index is 0.623. The lowest BCUT2D eigenvalue weighted by Gasteiger charge is -2.13. The molecule has 1 aliphatic heterocycles. The Morgan fingerprint density at radius 3 is 2.50 bits per heavy atom. The molecule has 0 radical (unpaired) electrons. The summed E-state index contributed by atoms with van der Waals surface area (Å²) < 4.78 is 0.964. The van der Waals surface area contributed by atoms with Gasteiger partial charge in [-0.15, -0.1) is 0 Å². The molecule has 2 N–H and O–H groups in total. The fourth-order valence-electron chi connectivity index (χ4n) is 2.69. The van der Waals surface area contributed by atoms with Gasteiger partial charge in [0, 0.05) is 21.3 Å². The van der Waals surface area contributed by atoms with Gasteiger partial charge >= 0.3 is 0 Å². The number of hydrogen-bond donors (Lipinski definition) is 2. The number of nitrogens with zero attached hydrogens (tertiary/aromatic N) is 1. The molecule has 0 bridgehead atoms. The molecule has 1 aliphatic rings. The molecule has 3 nitrogen and oxygen atoms in total. The van der Waals surface area contributed by atoms with Gasteiger partial charge in [0.2, 0.25) is 5.96 Å². The number of halogens is 2. The Morgan fingerprint density at radius 1 is 0.875 bits per heavy atom. The lowest BCUT2D eigenvalue weighted by atomic mass is 10.0. The molecule has 0 fully saturated rings. The van der Waals surface area contributed by atoms with Gasteiger partial charge in [-0.3, -0.25) is 0 Å². The lowest BCUT2D eigenvalue weighted by molar-refractivity contribution is 1.48. The van der Waals surface area contributed by atoms with Crippen molar-refractivity contribution < 1.29 is 0 Å². The van der Waals surface area contributed by atoms with Crippen molar-refractivity contribution in [1.29, 1.82) is 0 Å². The number of benzene rings is 3. The summed E-state index contributed by atoms with van der Waals surface area (Å²) in [5, 5.41) is 7.32. The standard InChI is InChI=1S/C19H13BrClN3/c20-14-8-2-4-11-17(14)23-19-22-16-10-3-1-6-12(16)13-7-5-9-15(21)18(13)24-19/h1-11H,(H2,22,23,24). The zero-order valence-corrected chi connectivity index (χ0v) is 14.9.